The first-order chi connectivity index (χ1) is 14.2. The molecule has 8 heteroatoms. The van der Waals surface area contributed by atoms with E-state index in [-0.39, 0.29) is 12.4 Å². The molecular formula is C21H25FN6O. The molecule has 1 fully saturated rings. The normalized spacial score (nSPS) is 15.1. The van der Waals surface area contributed by atoms with E-state index in [0.717, 1.165) is 55.5 Å². The number of aliphatic hydroxyl groups excluding tert-OH is 1. The number of anilines is 1. The molecule has 29 heavy (non-hydrogen) atoms. The van der Waals surface area contributed by atoms with Gasteiger partial charge in [0.2, 0.25) is 0 Å². The maximum atomic E-state index is 13.3. The van der Waals surface area contributed by atoms with Crippen LogP contribution in [-0.2, 0) is 13.1 Å². The summed E-state index contributed by atoms with van der Waals surface area (Å²) in [5.41, 5.74) is 3.94. The predicted octanol–water partition coefficient (Wildman–Crippen LogP) is 2.10. The molecule has 0 radical (unpaired) electrons. The number of hydrogen-bond donors (Lipinski definition) is 1. The highest BCUT2D eigenvalue weighted by atomic mass is 19.1. The molecule has 2 aromatic heterocycles. The minimum Gasteiger partial charge on any atom is -0.394 e. The van der Waals surface area contributed by atoms with Gasteiger partial charge < -0.3 is 10.0 Å². The van der Waals surface area contributed by atoms with Crippen LogP contribution in [0.4, 0.5) is 10.2 Å². The van der Waals surface area contributed by atoms with Gasteiger partial charge in [-0.1, -0.05) is 0 Å². The van der Waals surface area contributed by atoms with E-state index >= 15 is 0 Å². The molecule has 0 spiro atoms. The van der Waals surface area contributed by atoms with Crippen LogP contribution in [0.1, 0.15) is 11.3 Å². The highest BCUT2D eigenvalue weighted by Gasteiger charge is 2.22. The Morgan fingerprint density at radius 2 is 1.76 bits per heavy atom. The van der Waals surface area contributed by atoms with Gasteiger partial charge in [-0.2, -0.15) is 5.10 Å². The van der Waals surface area contributed by atoms with E-state index in [9.17, 15) is 4.39 Å². The lowest BCUT2D eigenvalue weighted by Crippen LogP contribution is -2.46. The largest absolute Gasteiger partial charge is 0.394 e. The Bertz CT molecular complexity index is 950. The number of rotatable bonds is 6. The molecular weight excluding hydrogens is 371 g/mol. The zero-order valence-corrected chi connectivity index (χ0v) is 16.5. The van der Waals surface area contributed by atoms with Gasteiger partial charge in [0, 0.05) is 61.9 Å². The van der Waals surface area contributed by atoms with Gasteiger partial charge in [0.15, 0.2) is 5.82 Å². The molecule has 1 aliphatic rings. The number of hydrogen-bond acceptors (Lipinski definition) is 6. The van der Waals surface area contributed by atoms with Crippen LogP contribution >= 0.6 is 0 Å². The maximum absolute atomic E-state index is 13.3. The Kier molecular flexibility index (Phi) is 5.82. The second kappa shape index (κ2) is 8.67. The Labute approximate surface area is 169 Å². The third kappa shape index (κ3) is 4.28. The number of aliphatic hydroxyl groups is 1. The number of aromatic nitrogens is 4. The molecule has 1 aromatic carbocycles. The molecule has 0 saturated carbocycles. The van der Waals surface area contributed by atoms with Gasteiger partial charge in [0.25, 0.3) is 0 Å². The van der Waals surface area contributed by atoms with Crippen LogP contribution in [0.25, 0.3) is 11.3 Å². The van der Waals surface area contributed by atoms with Crippen LogP contribution in [0.3, 0.4) is 0 Å². The molecule has 0 bridgehead atoms. The molecule has 3 heterocycles. The second-order valence-corrected chi connectivity index (χ2v) is 7.20. The number of benzene rings is 1. The van der Waals surface area contributed by atoms with Crippen molar-refractivity contribution in [2.75, 3.05) is 37.7 Å². The summed E-state index contributed by atoms with van der Waals surface area (Å²) in [6.45, 7) is 7.01. The summed E-state index contributed by atoms with van der Waals surface area (Å²) >= 11 is 0. The van der Waals surface area contributed by atoms with Crippen LogP contribution in [0.2, 0.25) is 0 Å². The van der Waals surface area contributed by atoms with Crippen molar-refractivity contribution in [3.63, 3.8) is 0 Å². The van der Waals surface area contributed by atoms with E-state index < -0.39 is 0 Å². The molecule has 1 aliphatic heterocycles. The van der Waals surface area contributed by atoms with Crippen molar-refractivity contribution in [2.24, 2.45) is 0 Å². The lowest BCUT2D eigenvalue weighted by molar-refractivity contribution is 0.248. The van der Waals surface area contributed by atoms with Crippen molar-refractivity contribution in [2.45, 2.75) is 20.0 Å². The van der Waals surface area contributed by atoms with E-state index in [1.54, 1.807) is 24.5 Å². The average molecular weight is 396 g/mol. The SMILES string of the molecule is Cc1c(CN2CCN(c3nccnc3-c3ccc(F)cc3)CC2)cnn1CCO. The van der Waals surface area contributed by atoms with Gasteiger partial charge in [-0.25, -0.2) is 9.37 Å². The molecule has 4 rings (SSSR count). The van der Waals surface area contributed by atoms with Gasteiger partial charge in [-0.3, -0.25) is 14.6 Å². The molecule has 3 aromatic rings. The fourth-order valence-electron chi connectivity index (χ4n) is 3.69. The van der Waals surface area contributed by atoms with E-state index in [1.165, 1.54) is 17.7 Å². The third-order valence-corrected chi connectivity index (χ3v) is 5.38. The highest BCUT2D eigenvalue weighted by molar-refractivity contribution is 5.72. The fraction of sp³-hybridized carbons (Fsp3) is 0.381. The Morgan fingerprint density at radius 1 is 1.03 bits per heavy atom. The summed E-state index contributed by atoms with van der Waals surface area (Å²) in [5, 5.41) is 13.5. The van der Waals surface area contributed by atoms with E-state index in [1.807, 2.05) is 17.8 Å². The van der Waals surface area contributed by atoms with Crippen molar-refractivity contribution >= 4 is 5.82 Å². The first-order valence-electron chi connectivity index (χ1n) is 9.82. The molecule has 0 amide bonds. The first-order valence-corrected chi connectivity index (χ1v) is 9.82. The molecule has 0 unspecified atom stereocenters. The van der Waals surface area contributed by atoms with Crippen molar-refractivity contribution in [1.29, 1.82) is 0 Å². The summed E-state index contributed by atoms with van der Waals surface area (Å²) in [4.78, 5) is 13.7. The Hall–Kier alpha value is -2.84. The first kappa shape index (κ1) is 19.5. The third-order valence-electron chi connectivity index (χ3n) is 5.38. The van der Waals surface area contributed by atoms with Crippen LogP contribution < -0.4 is 4.90 Å². The van der Waals surface area contributed by atoms with Crippen LogP contribution in [-0.4, -0.2) is 62.5 Å². The zero-order valence-electron chi connectivity index (χ0n) is 16.5. The van der Waals surface area contributed by atoms with Crippen molar-refractivity contribution in [3.05, 3.63) is 59.9 Å². The Morgan fingerprint density at radius 3 is 2.48 bits per heavy atom. The minimum absolute atomic E-state index is 0.0924. The van der Waals surface area contributed by atoms with Gasteiger partial charge in [-0.05, 0) is 31.2 Å². The maximum Gasteiger partial charge on any atom is 0.155 e. The zero-order chi connectivity index (χ0) is 20.2. The van der Waals surface area contributed by atoms with E-state index in [4.69, 9.17) is 5.11 Å². The summed E-state index contributed by atoms with van der Waals surface area (Å²) in [6, 6.07) is 6.38. The quantitative estimate of drug-likeness (QED) is 0.688. The van der Waals surface area contributed by atoms with Crippen molar-refractivity contribution in [3.8, 4) is 11.3 Å². The molecule has 0 atom stereocenters. The summed E-state index contributed by atoms with van der Waals surface area (Å²) in [5.74, 6) is 0.580. The minimum atomic E-state index is -0.259. The fourth-order valence-corrected chi connectivity index (χ4v) is 3.69. The van der Waals surface area contributed by atoms with Gasteiger partial charge in [-0.15, -0.1) is 0 Å². The van der Waals surface area contributed by atoms with E-state index in [2.05, 4.69) is 24.9 Å². The molecule has 1 N–H and O–H groups in total. The van der Waals surface area contributed by atoms with Crippen LogP contribution in [0.15, 0.2) is 42.9 Å². The smallest absolute Gasteiger partial charge is 0.155 e. The average Bonchev–Trinajstić information content (AvgIpc) is 3.09. The van der Waals surface area contributed by atoms with Crippen LogP contribution in [0, 0.1) is 12.7 Å². The standard InChI is InChI=1S/C21H25FN6O/c1-16-18(14-25-28(16)12-13-29)15-26-8-10-27(11-9-26)21-20(23-6-7-24-21)17-2-4-19(22)5-3-17/h2-7,14,29H,8-13,15H2,1H3. The summed E-state index contributed by atoms with van der Waals surface area (Å²) < 4.78 is 15.1. The topological polar surface area (TPSA) is 70.3 Å². The number of piperazine rings is 1. The number of halogens is 1. The summed E-state index contributed by atoms with van der Waals surface area (Å²) in [6.07, 6.45) is 5.27. The molecule has 1 saturated heterocycles. The van der Waals surface area contributed by atoms with Crippen molar-refractivity contribution < 1.29 is 9.50 Å². The van der Waals surface area contributed by atoms with Gasteiger partial charge in [0.1, 0.15) is 11.5 Å². The second-order valence-electron chi connectivity index (χ2n) is 7.20. The Balaban J connectivity index is 1.43. The summed E-state index contributed by atoms with van der Waals surface area (Å²) in [7, 11) is 0. The monoisotopic (exact) mass is 396 g/mol. The molecule has 152 valence electrons. The van der Waals surface area contributed by atoms with E-state index in [0.29, 0.717) is 6.54 Å². The molecule has 7 nitrogen and oxygen atoms in total. The molecule has 0 aliphatic carbocycles. The van der Waals surface area contributed by atoms with Gasteiger partial charge >= 0.3 is 0 Å². The highest BCUT2D eigenvalue weighted by Crippen LogP contribution is 2.27. The van der Waals surface area contributed by atoms with Crippen molar-refractivity contribution in [1.82, 2.24) is 24.6 Å². The number of nitrogens with zero attached hydrogens (tertiary/aromatic N) is 6. The lowest BCUT2D eigenvalue weighted by atomic mass is 10.1. The van der Waals surface area contributed by atoms with Crippen LogP contribution in [0.5, 0.6) is 0 Å². The predicted molar refractivity (Wildman–Crippen MR) is 109 cm³/mol. The lowest BCUT2D eigenvalue weighted by Gasteiger charge is -2.35. The van der Waals surface area contributed by atoms with Gasteiger partial charge in [0.05, 0.1) is 19.3 Å².